The number of rotatable bonds is 22. The van der Waals surface area contributed by atoms with Gasteiger partial charge in [-0.1, -0.05) is 69.9 Å². The summed E-state index contributed by atoms with van der Waals surface area (Å²) >= 11 is 0. The van der Waals surface area contributed by atoms with Crippen molar-refractivity contribution >= 4 is 11.9 Å². The van der Waals surface area contributed by atoms with E-state index < -0.39 is 12.2 Å². The summed E-state index contributed by atoms with van der Waals surface area (Å²) in [5.41, 5.74) is 8.56. The summed E-state index contributed by atoms with van der Waals surface area (Å²) in [4.78, 5) is 26.5. The van der Waals surface area contributed by atoms with Crippen LogP contribution >= 0.6 is 0 Å². The number of unbranched alkanes of at least 4 members (excludes halogenated alkanes) is 10. The lowest BCUT2D eigenvalue weighted by Gasteiger charge is -2.55. The van der Waals surface area contributed by atoms with E-state index in [0.29, 0.717) is 43.1 Å². The Morgan fingerprint density at radius 3 is 1.96 bits per heavy atom. The Balaban J connectivity index is 1.30. The molecule has 4 aliphatic rings. The van der Waals surface area contributed by atoms with Gasteiger partial charge in [-0.25, -0.2) is 0 Å². The number of amides is 1. The van der Waals surface area contributed by atoms with Crippen LogP contribution < -0.4 is 16.4 Å². The maximum Gasteiger partial charge on any atom is 0.303 e. The van der Waals surface area contributed by atoms with Gasteiger partial charge in [-0.3, -0.25) is 9.59 Å². The third-order valence-corrected chi connectivity index (χ3v) is 13.4. The van der Waals surface area contributed by atoms with Crippen LogP contribution in [0.25, 0.3) is 0 Å². The van der Waals surface area contributed by atoms with Gasteiger partial charge in [0.25, 0.3) is 0 Å². The third kappa shape index (κ3) is 12.4. The van der Waals surface area contributed by atoms with E-state index in [1.807, 2.05) is 0 Å². The average molecular weight is 728 g/mol. The van der Waals surface area contributed by atoms with Gasteiger partial charge in [0.1, 0.15) is 6.10 Å². The fourth-order valence-electron chi connectivity index (χ4n) is 10.9. The predicted octanol–water partition coefficient (Wildman–Crippen LogP) is 7.76. The standard InChI is InChI=1S/C44H77N3O5/c1-30(2)18-17-19-36(44(51)47-27-16-12-11-15-26-46-25-14-10-8-6-5-7-9-13-24-45)43-38-28-40(50)42-34-22-23-39(49)31(3)33(34)20-21-35(42)37(38)29-41(43)52-32(4)48/h18,31,33-35,37-42,46,49-50H,5-17,19-29,45H2,1-4H3,(H,47,51)/b43-36-/t31-,33?,34?,35?,37?,38?,39+,40?,41?,42?/m0/s1. The normalized spacial score (nSPS) is 32.0. The first-order chi connectivity index (χ1) is 25.1. The molecule has 0 radical (unpaired) electrons. The molecule has 10 atom stereocenters. The van der Waals surface area contributed by atoms with Gasteiger partial charge in [0, 0.05) is 19.0 Å². The zero-order chi connectivity index (χ0) is 37.5. The monoisotopic (exact) mass is 728 g/mol. The van der Waals surface area contributed by atoms with Gasteiger partial charge < -0.3 is 31.3 Å². The fraction of sp³-hybridized carbons (Fsp3) is 0.864. The van der Waals surface area contributed by atoms with Crippen LogP contribution in [-0.4, -0.2) is 66.6 Å². The lowest BCUT2D eigenvalue weighted by atomic mass is 9.51. The molecule has 6 N–H and O–H groups in total. The number of aliphatic hydroxyl groups excluding tert-OH is 2. The maximum atomic E-state index is 14.1. The smallest absolute Gasteiger partial charge is 0.303 e. The largest absolute Gasteiger partial charge is 0.458 e. The highest BCUT2D eigenvalue weighted by molar-refractivity contribution is 5.94. The summed E-state index contributed by atoms with van der Waals surface area (Å²) in [7, 11) is 0. The molecule has 298 valence electrons. The molecular weight excluding hydrogens is 650 g/mol. The number of fused-ring (bicyclic) bond motifs is 5. The van der Waals surface area contributed by atoms with E-state index in [4.69, 9.17) is 10.5 Å². The van der Waals surface area contributed by atoms with E-state index >= 15 is 0 Å². The third-order valence-electron chi connectivity index (χ3n) is 13.4. The summed E-state index contributed by atoms with van der Waals surface area (Å²) < 4.78 is 6.05. The minimum Gasteiger partial charge on any atom is -0.458 e. The van der Waals surface area contributed by atoms with E-state index in [1.165, 1.54) is 57.4 Å². The molecule has 0 spiro atoms. The van der Waals surface area contributed by atoms with Crippen molar-refractivity contribution in [2.75, 3.05) is 26.2 Å². The van der Waals surface area contributed by atoms with Crippen LogP contribution in [0.4, 0.5) is 0 Å². The number of carbonyl (C=O) groups is 2. The number of ether oxygens (including phenoxy) is 1. The lowest BCUT2D eigenvalue weighted by Crippen LogP contribution is -2.53. The molecule has 0 heterocycles. The van der Waals surface area contributed by atoms with Crippen molar-refractivity contribution in [3.8, 4) is 0 Å². The number of nitrogens with two attached hydrogens (primary N) is 1. The number of hydrogen-bond acceptors (Lipinski definition) is 7. The van der Waals surface area contributed by atoms with Crippen molar-refractivity contribution in [2.45, 2.75) is 174 Å². The fourth-order valence-corrected chi connectivity index (χ4v) is 10.9. The van der Waals surface area contributed by atoms with Crippen molar-refractivity contribution in [3.05, 3.63) is 22.8 Å². The quantitative estimate of drug-likeness (QED) is 0.0333. The molecule has 4 saturated carbocycles. The number of hydrogen-bond donors (Lipinski definition) is 5. The highest BCUT2D eigenvalue weighted by atomic mass is 16.5. The molecule has 4 aliphatic carbocycles. The Kier molecular flexibility index (Phi) is 18.7. The predicted molar refractivity (Wildman–Crippen MR) is 211 cm³/mol. The second-order valence-electron chi connectivity index (χ2n) is 17.3. The average Bonchev–Trinajstić information content (AvgIpc) is 3.45. The molecule has 8 nitrogen and oxygen atoms in total. The molecule has 0 aromatic heterocycles. The van der Waals surface area contributed by atoms with Crippen molar-refractivity contribution in [2.24, 2.45) is 47.2 Å². The van der Waals surface area contributed by atoms with Crippen LogP contribution in [0.5, 0.6) is 0 Å². The molecule has 0 aromatic carbocycles. The molecule has 0 aromatic rings. The summed E-state index contributed by atoms with van der Waals surface area (Å²) in [5.74, 6) is 1.75. The van der Waals surface area contributed by atoms with Crippen molar-refractivity contribution in [3.63, 3.8) is 0 Å². The van der Waals surface area contributed by atoms with E-state index in [-0.39, 0.29) is 35.7 Å². The summed E-state index contributed by atoms with van der Waals surface area (Å²) in [5, 5.41) is 29.4. The second kappa shape index (κ2) is 22.6. The number of aliphatic hydroxyl groups is 2. The first kappa shape index (κ1) is 43.0. The molecule has 4 rings (SSSR count). The summed E-state index contributed by atoms with van der Waals surface area (Å²) in [6.45, 7) is 11.5. The van der Waals surface area contributed by atoms with E-state index in [1.54, 1.807) is 0 Å². The van der Waals surface area contributed by atoms with Crippen LogP contribution in [0, 0.1) is 41.4 Å². The summed E-state index contributed by atoms with van der Waals surface area (Å²) in [6.07, 6.45) is 22.5. The van der Waals surface area contributed by atoms with E-state index in [9.17, 15) is 19.8 Å². The summed E-state index contributed by atoms with van der Waals surface area (Å²) in [6, 6.07) is 0. The topological polar surface area (TPSA) is 134 Å². The van der Waals surface area contributed by atoms with Crippen LogP contribution in [-0.2, 0) is 14.3 Å². The van der Waals surface area contributed by atoms with Crippen molar-refractivity contribution in [1.82, 2.24) is 10.6 Å². The van der Waals surface area contributed by atoms with Gasteiger partial charge in [-0.15, -0.1) is 0 Å². The van der Waals surface area contributed by atoms with Crippen LogP contribution in [0.1, 0.15) is 156 Å². The molecular formula is C44H77N3O5. The van der Waals surface area contributed by atoms with E-state index in [2.05, 4.69) is 37.5 Å². The van der Waals surface area contributed by atoms with Gasteiger partial charge >= 0.3 is 5.97 Å². The second-order valence-corrected chi connectivity index (χ2v) is 17.3. The minimum absolute atomic E-state index is 0.0254. The van der Waals surface area contributed by atoms with Crippen LogP contribution in [0.2, 0.25) is 0 Å². The first-order valence-electron chi connectivity index (χ1n) is 21.7. The highest BCUT2D eigenvalue weighted by Gasteiger charge is 2.57. The van der Waals surface area contributed by atoms with Gasteiger partial charge in [0.05, 0.1) is 12.2 Å². The molecule has 4 fully saturated rings. The van der Waals surface area contributed by atoms with Gasteiger partial charge in [0.2, 0.25) is 5.91 Å². The van der Waals surface area contributed by atoms with Crippen molar-refractivity contribution in [1.29, 1.82) is 0 Å². The Morgan fingerprint density at radius 2 is 1.33 bits per heavy atom. The Morgan fingerprint density at radius 1 is 0.750 bits per heavy atom. The zero-order valence-electron chi connectivity index (χ0n) is 33.5. The van der Waals surface area contributed by atoms with E-state index in [0.717, 1.165) is 101 Å². The maximum absolute atomic E-state index is 14.1. The van der Waals surface area contributed by atoms with Crippen LogP contribution in [0.3, 0.4) is 0 Å². The van der Waals surface area contributed by atoms with Gasteiger partial charge in [-0.05, 0) is 158 Å². The van der Waals surface area contributed by atoms with Gasteiger partial charge in [-0.2, -0.15) is 0 Å². The number of esters is 1. The number of nitrogens with one attached hydrogen (secondary N) is 2. The molecule has 8 unspecified atom stereocenters. The number of carbonyl (C=O) groups excluding carboxylic acids is 2. The Hall–Kier alpha value is -1.74. The molecule has 1 amide bonds. The number of allylic oxidation sites excluding steroid dienone is 2. The SMILES string of the molecule is CC(=O)OC1CC2C(CC(O)C3C2CCC2C3CC[C@@H](O)[C@H]2C)/C1=C(\CCC=C(C)C)C(=O)NCCCCCCNCCCCCCCCCCN. The zero-order valence-corrected chi connectivity index (χ0v) is 33.5. The molecule has 0 saturated heterocycles. The van der Waals surface area contributed by atoms with Crippen molar-refractivity contribution < 1.29 is 24.5 Å². The highest BCUT2D eigenvalue weighted by Crippen LogP contribution is 2.60. The lowest BCUT2D eigenvalue weighted by molar-refractivity contribution is -0.145. The first-order valence-corrected chi connectivity index (χ1v) is 21.7. The van der Waals surface area contributed by atoms with Gasteiger partial charge in [0.15, 0.2) is 0 Å². The molecule has 52 heavy (non-hydrogen) atoms. The Bertz CT molecular complexity index is 1150. The molecule has 0 aliphatic heterocycles. The molecule has 0 bridgehead atoms. The minimum atomic E-state index is -0.439. The Labute approximate surface area is 316 Å². The molecule has 8 heteroatoms. The van der Waals surface area contributed by atoms with Crippen LogP contribution in [0.15, 0.2) is 22.8 Å².